The van der Waals surface area contributed by atoms with Gasteiger partial charge >= 0.3 is 6.18 Å². The van der Waals surface area contributed by atoms with Crippen molar-refractivity contribution < 1.29 is 27.4 Å². The second-order valence-electron chi connectivity index (χ2n) is 8.18. The van der Waals surface area contributed by atoms with Crippen LogP contribution in [0.4, 0.5) is 24.7 Å². The number of carbonyl (C=O) groups is 1. The van der Waals surface area contributed by atoms with Gasteiger partial charge in [-0.1, -0.05) is 0 Å². The average molecular weight is 486 g/mol. The quantitative estimate of drug-likeness (QED) is 0.527. The summed E-state index contributed by atoms with van der Waals surface area (Å²) in [5, 5.41) is 2.63. The minimum atomic E-state index is -4.53. The number of aromatic nitrogens is 2. The summed E-state index contributed by atoms with van der Waals surface area (Å²) in [6.07, 6.45) is -1.70. The molecule has 2 heterocycles. The van der Waals surface area contributed by atoms with E-state index in [0.29, 0.717) is 25.3 Å². The number of rotatable bonds is 6. The molecule has 184 valence electrons. The van der Waals surface area contributed by atoms with Crippen molar-refractivity contribution in [3.63, 3.8) is 0 Å². The number of anilines is 2. The van der Waals surface area contributed by atoms with Crippen molar-refractivity contribution in [3.05, 3.63) is 60.4 Å². The number of alkyl halides is 3. The number of benzene rings is 2. The Kier molecular flexibility index (Phi) is 7.09. The van der Waals surface area contributed by atoms with Crippen molar-refractivity contribution in [3.8, 4) is 22.8 Å². The highest BCUT2D eigenvalue weighted by Crippen LogP contribution is 2.35. The Hall–Kier alpha value is -3.82. The third kappa shape index (κ3) is 5.64. The van der Waals surface area contributed by atoms with Crippen LogP contribution in [0, 0.1) is 5.92 Å². The number of carbonyl (C=O) groups excluding carboxylic acids is 1. The smallest absolute Gasteiger partial charge is 0.416 e. The predicted molar refractivity (Wildman–Crippen MR) is 126 cm³/mol. The van der Waals surface area contributed by atoms with Gasteiger partial charge in [-0.3, -0.25) is 4.79 Å². The minimum Gasteiger partial charge on any atom is -0.497 e. The van der Waals surface area contributed by atoms with E-state index in [1.54, 1.807) is 7.11 Å². The lowest BCUT2D eigenvalue weighted by atomic mass is 9.96. The van der Waals surface area contributed by atoms with Crippen LogP contribution in [-0.4, -0.2) is 43.2 Å². The van der Waals surface area contributed by atoms with Crippen LogP contribution < -0.4 is 19.7 Å². The summed E-state index contributed by atoms with van der Waals surface area (Å²) < 4.78 is 49.8. The lowest BCUT2D eigenvalue weighted by Crippen LogP contribution is -2.41. The molecule has 1 amide bonds. The fourth-order valence-corrected chi connectivity index (χ4v) is 4.06. The van der Waals surface area contributed by atoms with Gasteiger partial charge in [0.05, 0.1) is 37.1 Å². The Morgan fingerprint density at radius 1 is 1.06 bits per heavy atom. The zero-order valence-corrected chi connectivity index (χ0v) is 19.3. The first-order valence-corrected chi connectivity index (χ1v) is 11.1. The van der Waals surface area contributed by atoms with Crippen LogP contribution in [0.3, 0.4) is 0 Å². The summed E-state index contributed by atoms with van der Waals surface area (Å²) in [7, 11) is 2.94. The monoisotopic (exact) mass is 486 g/mol. The molecule has 10 heteroatoms. The number of methoxy groups -OCH3 is 2. The molecular formula is C25H25F3N4O3. The molecule has 0 radical (unpaired) electrons. The lowest BCUT2D eigenvalue weighted by molar-refractivity contribution is -0.137. The Labute approximate surface area is 200 Å². The maximum atomic E-state index is 13.1. The molecule has 4 rings (SSSR count). The fraction of sp³-hybridized carbons (Fsp3) is 0.320. The van der Waals surface area contributed by atoms with Crippen LogP contribution in [0.5, 0.6) is 11.5 Å². The largest absolute Gasteiger partial charge is 0.497 e. The molecule has 1 fully saturated rings. The number of ether oxygens (including phenoxy) is 2. The van der Waals surface area contributed by atoms with Gasteiger partial charge in [0.15, 0.2) is 0 Å². The number of nitrogens with one attached hydrogen (secondary N) is 1. The van der Waals surface area contributed by atoms with E-state index in [2.05, 4.69) is 15.3 Å². The van der Waals surface area contributed by atoms with Gasteiger partial charge in [0.25, 0.3) is 0 Å². The third-order valence-electron chi connectivity index (χ3n) is 5.94. The number of nitrogens with zero attached hydrogens (tertiary/aromatic N) is 3. The van der Waals surface area contributed by atoms with E-state index >= 15 is 0 Å². The van der Waals surface area contributed by atoms with E-state index in [1.165, 1.54) is 19.5 Å². The Bertz CT molecular complexity index is 1190. The molecule has 2 aromatic carbocycles. The van der Waals surface area contributed by atoms with Crippen LogP contribution in [0.1, 0.15) is 18.4 Å². The van der Waals surface area contributed by atoms with Crippen molar-refractivity contribution in [2.75, 3.05) is 37.5 Å². The van der Waals surface area contributed by atoms with Crippen molar-refractivity contribution >= 4 is 17.4 Å². The Balaban J connectivity index is 1.49. The molecule has 1 aromatic heterocycles. The number of amides is 1. The van der Waals surface area contributed by atoms with E-state index in [1.807, 2.05) is 35.2 Å². The first kappa shape index (κ1) is 24.3. The molecule has 1 aliphatic heterocycles. The predicted octanol–water partition coefficient (Wildman–Crippen LogP) is 5.03. The molecule has 1 aliphatic rings. The highest BCUT2D eigenvalue weighted by Gasteiger charge is 2.32. The van der Waals surface area contributed by atoms with Gasteiger partial charge in [-0.05, 0) is 55.3 Å². The van der Waals surface area contributed by atoms with Crippen molar-refractivity contribution in [1.82, 2.24) is 9.97 Å². The molecule has 0 bridgehead atoms. The number of piperidine rings is 1. The van der Waals surface area contributed by atoms with Gasteiger partial charge in [0.2, 0.25) is 5.91 Å². The van der Waals surface area contributed by atoms with E-state index in [4.69, 9.17) is 9.47 Å². The van der Waals surface area contributed by atoms with E-state index in [9.17, 15) is 18.0 Å². The molecule has 3 aromatic rings. The minimum absolute atomic E-state index is 0.00623. The summed E-state index contributed by atoms with van der Waals surface area (Å²) >= 11 is 0. The number of hydrogen-bond donors (Lipinski definition) is 1. The van der Waals surface area contributed by atoms with E-state index in [-0.39, 0.29) is 17.3 Å². The molecule has 1 atom stereocenters. The maximum Gasteiger partial charge on any atom is 0.416 e. The highest BCUT2D eigenvalue weighted by molar-refractivity contribution is 5.94. The normalized spacial score (nSPS) is 16.0. The van der Waals surface area contributed by atoms with Gasteiger partial charge < -0.3 is 19.7 Å². The average Bonchev–Trinajstić information content (AvgIpc) is 2.88. The standard InChI is InChI=1S/C25H25F3N4O3/c1-34-19-8-5-16(6-9-19)20-13-23(30-15-29-20)32-11-3-4-17(14-32)24(33)31-21-12-18(25(26,27)28)7-10-22(21)35-2/h5-10,12-13,15,17H,3-4,11,14H2,1-2H3,(H,31,33). The summed E-state index contributed by atoms with van der Waals surface area (Å²) in [4.78, 5) is 23.7. The van der Waals surface area contributed by atoms with Crippen LogP contribution in [0.15, 0.2) is 54.9 Å². The number of halogens is 3. The molecule has 0 saturated carbocycles. The molecule has 0 aliphatic carbocycles. The molecule has 1 saturated heterocycles. The Morgan fingerprint density at radius 3 is 2.51 bits per heavy atom. The van der Waals surface area contributed by atoms with Gasteiger partial charge in [0, 0.05) is 24.7 Å². The van der Waals surface area contributed by atoms with Crippen molar-refractivity contribution in [2.24, 2.45) is 5.92 Å². The molecule has 1 N–H and O–H groups in total. The first-order valence-electron chi connectivity index (χ1n) is 11.1. The Morgan fingerprint density at radius 2 is 1.83 bits per heavy atom. The zero-order chi connectivity index (χ0) is 25.0. The van der Waals surface area contributed by atoms with Crippen LogP contribution >= 0.6 is 0 Å². The number of hydrogen-bond acceptors (Lipinski definition) is 6. The second kappa shape index (κ2) is 10.2. The van der Waals surface area contributed by atoms with Gasteiger partial charge in [-0.15, -0.1) is 0 Å². The van der Waals surface area contributed by atoms with Gasteiger partial charge in [-0.25, -0.2) is 9.97 Å². The van der Waals surface area contributed by atoms with Crippen LogP contribution in [0.25, 0.3) is 11.3 Å². The zero-order valence-electron chi connectivity index (χ0n) is 19.3. The second-order valence-corrected chi connectivity index (χ2v) is 8.18. The fourth-order valence-electron chi connectivity index (χ4n) is 4.06. The maximum absolute atomic E-state index is 13.1. The topological polar surface area (TPSA) is 76.6 Å². The molecular weight excluding hydrogens is 461 g/mol. The van der Waals surface area contributed by atoms with Crippen LogP contribution in [0.2, 0.25) is 0 Å². The summed E-state index contributed by atoms with van der Waals surface area (Å²) in [5.74, 6) is 0.795. The van der Waals surface area contributed by atoms with E-state index < -0.39 is 17.7 Å². The first-order chi connectivity index (χ1) is 16.8. The van der Waals surface area contributed by atoms with Gasteiger partial charge in [0.1, 0.15) is 23.6 Å². The summed E-state index contributed by atoms with van der Waals surface area (Å²) in [5.41, 5.74) is 0.773. The SMILES string of the molecule is COc1ccc(-c2cc(N3CCCC(C(=O)Nc4cc(C(F)(F)F)ccc4OC)C3)ncn2)cc1. The molecule has 1 unspecified atom stereocenters. The molecule has 35 heavy (non-hydrogen) atoms. The van der Waals surface area contributed by atoms with Crippen molar-refractivity contribution in [2.45, 2.75) is 19.0 Å². The van der Waals surface area contributed by atoms with Gasteiger partial charge in [-0.2, -0.15) is 13.2 Å². The van der Waals surface area contributed by atoms with E-state index in [0.717, 1.165) is 35.6 Å². The molecule has 0 spiro atoms. The lowest BCUT2D eigenvalue weighted by Gasteiger charge is -2.33. The summed E-state index contributed by atoms with van der Waals surface area (Å²) in [6.45, 7) is 1.09. The third-order valence-corrected chi connectivity index (χ3v) is 5.94. The highest BCUT2D eigenvalue weighted by atomic mass is 19.4. The summed E-state index contributed by atoms with van der Waals surface area (Å²) in [6, 6.07) is 12.4. The molecule has 7 nitrogen and oxygen atoms in total. The van der Waals surface area contributed by atoms with Crippen LogP contribution in [-0.2, 0) is 11.0 Å². The van der Waals surface area contributed by atoms with Crippen molar-refractivity contribution in [1.29, 1.82) is 0 Å².